The van der Waals surface area contributed by atoms with E-state index >= 15 is 0 Å². The van der Waals surface area contributed by atoms with Gasteiger partial charge in [-0.05, 0) is 53.2 Å². The molecule has 29 heavy (non-hydrogen) atoms. The molecule has 2 aliphatic rings. The van der Waals surface area contributed by atoms with Crippen LogP contribution in [0.15, 0.2) is 30.9 Å². The fraction of sp³-hybridized carbons (Fsp3) is 0.667. The van der Waals surface area contributed by atoms with Gasteiger partial charge >= 0.3 is 0 Å². The lowest BCUT2D eigenvalue weighted by Gasteiger charge is -2.37. The molecule has 1 aliphatic carbocycles. The van der Waals surface area contributed by atoms with Crippen molar-refractivity contribution in [1.29, 1.82) is 0 Å². The van der Waals surface area contributed by atoms with Crippen LogP contribution in [0.2, 0.25) is 0 Å². The first-order chi connectivity index (χ1) is 14.2. The molecule has 0 spiro atoms. The van der Waals surface area contributed by atoms with Gasteiger partial charge in [-0.2, -0.15) is 0 Å². The van der Waals surface area contributed by atoms with Gasteiger partial charge in [-0.1, -0.05) is 25.3 Å². The Labute approximate surface area is 172 Å². The number of amides is 1. The van der Waals surface area contributed by atoms with Gasteiger partial charge in [0.2, 0.25) is 5.91 Å². The number of tetrazole rings is 1. The number of hydrogen-bond donors (Lipinski definition) is 1. The van der Waals surface area contributed by atoms with E-state index in [2.05, 4.69) is 36.8 Å². The number of carbonyl (C=O) groups excluding carboxylic acids is 1. The van der Waals surface area contributed by atoms with Gasteiger partial charge in [-0.25, -0.2) is 4.68 Å². The second kappa shape index (κ2) is 9.43. The Balaban J connectivity index is 1.26. The van der Waals surface area contributed by atoms with Crippen LogP contribution in [-0.2, 0) is 17.9 Å². The van der Waals surface area contributed by atoms with Crippen molar-refractivity contribution < 1.29 is 4.79 Å². The van der Waals surface area contributed by atoms with E-state index in [9.17, 15) is 4.79 Å². The summed E-state index contributed by atoms with van der Waals surface area (Å²) >= 11 is 0. The van der Waals surface area contributed by atoms with Gasteiger partial charge in [0.1, 0.15) is 6.33 Å². The van der Waals surface area contributed by atoms with Crippen LogP contribution in [0.25, 0.3) is 0 Å². The minimum absolute atomic E-state index is 0.0152. The number of pyridine rings is 1. The van der Waals surface area contributed by atoms with Crippen molar-refractivity contribution in [2.75, 3.05) is 13.1 Å². The van der Waals surface area contributed by atoms with E-state index in [1.807, 2.05) is 18.5 Å². The third-order valence-electron chi connectivity index (χ3n) is 6.42. The summed E-state index contributed by atoms with van der Waals surface area (Å²) in [7, 11) is 0. The minimum atomic E-state index is -0.0152. The van der Waals surface area contributed by atoms with Crippen LogP contribution in [-0.4, -0.2) is 55.1 Å². The zero-order valence-corrected chi connectivity index (χ0v) is 17.0. The predicted molar refractivity (Wildman–Crippen MR) is 109 cm³/mol. The highest BCUT2D eigenvalue weighted by Crippen LogP contribution is 2.40. The summed E-state index contributed by atoms with van der Waals surface area (Å²) < 4.78 is 1.79. The molecular weight excluding hydrogens is 366 g/mol. The Morgan fingerprint density at radius 2 is 2.03 bits per heavy atom. The van der Waals surface area contributed by atoms with Crippen LogP contribution in [0.5, 0.6) is 0 Å². The fourth-order valence-electron chi connectivity index (χ4n) is 4.89. The summed E-state index contributed by atoms with van der Waals surface area (Å²) in [5.74, 6) is 0.186. The fourth-order valence-corrected chi connectivity index (χ4v) is 4.89. The maximum absolute atomic E-state index is 12.9. The number of nitrogens with one attached hydrogen (secondary N) is 1. The average molecular weight is 398 g/mol. The molecular formula is C21H31N7O. The number of nitrogens with zero attached hydrogens (tertiary/aromatic N) is 6. The van der Waals surface area contributed by atoms with E-state index in [0.29, 0.717) is 6.42 Å². The van der Waals surface area contributed by atoms with E-state index in [1.165, 1.54) is 24.8 Å². The highest BCUT2D eigenvalue weighted by atomic mass is 16.1. The number of hydrogen-bond acceptors (Lipinski definition) is 6. The summed E-state index contributed by atoms with van der Waals surface area (Å²) in [6, 6.07) is 4.38. The smallest absolute Gasteiger partial charge is 0.220 e. The maximum atomic E-state index is 12.9. The molecule has 0 radical (unpaired) electrons. The molecule has 2 fully saturated rings. The van der Waals surface area contributed by atoms with Gasteiger partial charge in [0.05, 0.1) is 6.54 Å². The molecule has 0 aromatic carbocycles. The highest BCUT2D eigenvalue weighted by Gasteiger charge is 2.36. The van der Waals surface area contributed by atoms with Crippen molar-refractivity contribution in [3.63, 3.8) is 0 Å². The van der Waals surface area contributed by atoms with Gasteiger partial charge in [0.15, 0.2) is 0 Å². The normalized spacial score (nSPS) is 20.4. The maximum Gasteiger partial charge on any atom is 0.220 e. The van der Waals surface area contributed by atoms with Gasteiger partial charge in [0, 0.05) is 44.5 Å². The van der Waals surface area contributed by atoms with E-state index in [1.54, 1.807) is 11.0 Å². The van der Waals surface area contributed by atoms with Crippen LogP contribution in [0.4, 0.5) is 0 Å². The lowest BCUT2D eigenvalue weighted by molar-refractivity contribution is -0.125. The molecule has 8 nitrogen and oxygen atoms in total. The Morgan fingerprint density at radius 1 is 1.21 bits per heavy atom. The van der Waals surface area contributed by atoms with Crippen LogP contribution in [0.1, 0.15) is 56.9 Å². The summed E-state index contributed by atoms with van der Waals surface area (Å²) in [6.45, 7) is 3.69. The Hall–Kier alpha value is -2.35. The van der Waals surface area contributed by atoms with Crippen molar-refractivity contribution in [2.24, 2.45) is 5.41 Å². The number of aromatic nitrogens is 5. The van der Waals surface area contributed by atoms with Crippen LogP contribution in [0, 0.1) is 5.41 Å². The molecule has 1 amide bonds. The molecule has 8 heteroatoms. The molecule has 0 unspecified atom stereocenters. The molecule has 3 heterocycles. The standard InChI is InChI=1S/C21H31N7O/c29-20(13-21(8-2-1-3-9-21)16-28-17-23-25-26-28)24-19-6-11-27(12-7-19)15-18-5-4-10-22-14-18/h4-5,10,14,17,19H,1-3,6-9,11-13,15-16H2,(H,24,29). The first kappa shape index (κ1) is 19.9. The Kier molecular flexibility index (Phi) is 6.49. The lowest BCUT2D eigenvalue weighted by atomic mass is 9.71. The second-order valence-electron chi connectivity index (χ2n) is 8.72. The van der Waals surface area contributed by atoms with Crippen molar-refractivity contribution in [1.82, 2.24) is 35.4 Å². The SMILES string of the molecule is O=C(CC1(Cn2cnnn2)CCCCC1)NC1CCN(Cc2cccnc2)CC1. The average Bonchev–Trinajstić information content (AvgIpc) is 3.23. The summed E-state index contributed by atoms with van der Waals surface area (Å²) in [4.78, 5) is 19.5. The number of carbonyl (C=O) groups is 1. The zero-order valence-electron chi connectivity index (χ0n) is 17.0. The van der Waals surface area contributed by atoms with Crippen molar-refractivity contribution >= 4 is 5.91 Å². The second-order valence-corrected chi connectivity index (χ2v) is 8.72. The molecule has 2 aromatic rings. The zero-order chi connectivity index (χ0) is 19.9. The largest absolute Gasteiger partial charge is 0.353 e. The van der Waals surface area contributed by atoms with Gasteiger partial charge in [0.25, 0.3) is 0 Å². The quantitative estimate of drug-likeness (QED) is 0.770. The van der Waals surface area contributed by atoms with Gasteiger partial charge in [-0.3, -0.25) is 14.7 Å². The molecule has 1 saturated carbocycles. The summed E-state index contributed by atoms with van der Waals surface area (Å²) in [6.07, 6.45) is 13.8. The molecule has 156 valence electrons. The molecule has 0 bridgehead atoms. The number of likely N-dealkylation sites (tertiary alicyclic amines) is 1. The number of rotatable bonds is 7. The molecule has 4 rings (SSSR count). The predicted octanol–water partition coefficient (Wildman–Crippen LogP) is 2.19. The highest BCUT2D eigenvalue weighted by molar-refractivity contribution is 5.77. The molecule has 2 aromatic heterocycles. The van der Waals surface area contributed by atoms with E-state index in [0.717, 1.165) is 51.9 Å². The first-order valence-corrected chi connectivity index (χ1v) is 10.8. The summed E-state index contributed by atoms with van der Waals surface area (Å²) in [5.41, 5.74) is 1.23. The van der Waals surface area contributed by atoms with Gasteiger partial charge in [-0.15, -0.1) is 5.10 Å². The molecule has 1 saturated heterocycles. The van der Waals surface area contributed by atoms with Crippen molar-refractivity contribution in [2.45, 2.75) is 70.5 Å². The van der Waals surface area contributed by atoms with Crippen LogP contribution >= 0.6 is 0 Å². The first-order valence-electron chi connectivity index (χ1n) is 10.8. The Bertz CT molecular complexity index is 751. The monoisotopic (exact) mass is 397 g/mol. The van der Waals surface area contributed by atoms with Crippen molar-refractivity contribution in [3.8, 4) is 0 Å². The van der Waals surface area contributed by atoms with E-state index in [-0.39, 0.29) is 17.4 Å². The van der Waals surface area contributed by atoms with Crippen LogP contribution in [0.3, 0.4) is 0 Å². The third-order valence-corrected chi connectivity index (χ3v) is 6.42. The summed E-state index contributed by atoms with van der Waals surface area (Å²) in [5, 5.41) is 14.9. The van der Waals surface area contributed by atoms with E-state index in [4.69, 9.17) is 0 Å². The van der Waals surface area contributed by atoms with Crippen LogP contribution < -0.4 is 5.32 Å². The van der Waals surface area contributed by atoms with Crippen molar-refractivity contribution in [3.05, 3.63) is 36.4 Å². The van der Waals surface area contributed by atoms with E-state index < -0.39 is 0 Å². The minimum Gasteiger partial charge on any atom is -0.353 e. The topological polar surface area (TPSA) is 88.8 Å². The Morgan fingerprint density at radius 3 is 2.72 bits per heavy atom. The lowest BCUT2D eigenvalue weighted by Crippen LogP contribution is -2.46. The third kappa shape index (κ3) is 5.59. The van der Waals surface area contributed by atoms with Gasteiger partial charge < -0.3 is 5.32 Å². The molecule has 1 aliphatic heterocycles. The molecule has 1 N–H and O–H groups in total. The number of piperidine rings is 1. The molecule has 0 atom stereocenters.